The van der Waals surface area contributed by atoms with Crippen LogP contribution >= 0.6 is 0 Å². The number of nitrogens with one attached hydrogen (secondary N) is 1. The van der Waals surface area contributed by atoms with E-state index in [0.29, 0.717) is 0 Å². The second kappa shape index (κ2) is 12.0. The SMILES string of the molecule is O=C(O)CCC(=O)CNC(=O)OCc1ccc(O[C@H]2OC(C(=O)O)C(O)C(O)[C@H]2O)c([N+](=O)[O-])c1. The van der Waals surface area contributed by atoms with Gasteiger partial charge in [0.1, 0.15) is 24.9 Å². The number of aliphatic hydroxyl groups is 3. The predicted octanol–water partition coefficient (Wildman–Crippen LogP) is -1.47. The van der Waals surface area contributed by atoms with Gasteiger partial charge in [0.15, 0.2) is 17.6 Å². The molecule has 3 unspecified atom stereocenters. The van der Waals surface area contributed by atoms with Gasteiger partial charge in [-0.2, -0.15) is 0 Å². The molecule has 1 aromatic carbocycles. The monoisotopic (exact) mass is 502 g/mol. The van der Waals surface area contributed by atoms with Crippen molar-refractivity contribution in [2.75, 3.05) is 6.54 Å². The molecule has 0 saturated carbocycles. The molecule has 0 radical (unpaired) electrons. The molecule has 1 heterocycles. The zero-order valence-electron chi connectivity index (χ0n) is 17.8. The molecule has 2 rings (SSSR count). The molecular formula is C19H22N2O14. The Bertz CT molecular complexity index is 982. The number of aliphatic hydroxyl groups excluding tert-OH is 3. The van der Waals surface area contributed by atoms with Crippen LogP contribution in [0.4, 0.5) is 10.5 Å². The maximum Gasteiger partial charge on any atom is 0.407 e. The quantitative estimate of drug-likeness (QED) is 0.149. The molecule has 0 aromatic heterocycles. The predicted molar refractivity (Wildman–Crippen MR) is 108 cm³/mol. The van der Waals surface area contributed by atoms with Crippen LogP contribution < -0.4 is 10.1 Å². The van der Waals surface area contributed by atoms with Gasteiger partial charge in [0.2, 0.25) is 6.29 Å². The zero-order chi connectivity index (χ0) is 26.3. The zero-order valence-corrected chi connectivity index (χ0v) is 17.8. The van der Waals surface area contributed by atoms with Gasteiger partial charge in [-0.05, 0) is 11.6 Å². The molecule has 35 heavy (non-hydrogen) atoms. The molecule has 1 aliphatic rings. The average molecular weight is 502 g/mol. The first kappa shape index (κ1) is 27.4. The van der Waals surface area contributed by atoms with Gasteiger partial charge in [0.25, 0.3) is 0 Å². The molecule has 1 saturated heterocycles. The van der Waals surface area contributed by atoms with E-state index in [1.54, 1.807) is 0 Å². The summed E-state index contributed by atoms with van der Waals surface area (Å²) in [6.07, 6.45) is -11.5. The Hall–Kier alpha value is -3.86. The van der Waals surface area contributed by atoms with Crippen molar-refractivity contribution in [2.45, 2.75) is 50.2 Å². The number of hydrogen-bond acceptors (Lipinski definition) is 12. The third-order valence-electron chi connectivity index (χ3n) is 4.69. The first-order valence-corrected chi connectivity index (χ1v) is 9.91. The largest absolute Gasteiger partial charge is 0.481 e. The highest BCUT2D eigenvalue weighted by Crippen LogP contribution is 2.32. The number of nitro benzene ring substituents is 1. The molecule has 1 aromatic rings. The van der Waals surface area contributed by atoms with E-state index >= 15 is 0 Å². The summed E-state index contributed by atoms with van der Waals surface area (Å²) in [4.78, 5) is 55.3. The normalized spacial score (nSPS) is 23.7. The number of carboxylic acids is 2. The smallest absolute Gasteiger partial charge is 0.407 e. The van der Waals surface area contributed by atoms with Gasteiger partial charge in [-0.3, -0.25) is 19.7 Å². The molecule has 1 amide bonds. The molecule has 16 heteroatoms. The fourth-order valence-electron chi connectivity index (χ4n) is 2.87. The highest BCUT2D eigenvalue weighted by molar-refractivity contribution is 5.86. The van der Waals surface area contributed by atoms with Crippen LogP contribution in [0, 0.1) is 10.1 Å². The lowest BCUT2D eigenvalue weighted by molar-refractivity contribution is -0.387. The van der Waals surface area contributed by atoms with E-state index in [4.69, 9.17) is 24.4 Å². The lowest BCUT2D eigenvalue weighted by Gasteiger charge is -2.38. The van der Waals surface area contributed by atoms with Crippen LogP contribution in [0.1, 0.15) is 18.4 Å². The number of Topliss-reactive ketones (excluding diaryl/α,β-unsaturated/α-hetero) is 1. The van der Waals surface area contributed by atoms with Crippen molar-refractivity contribution in [1.29, 1.82) is 0 Å². The van der Waals surface area contributed by atoms with E-state index in [1.165, 1.54) is 6.07 Å². The van der Waals surface area contributed by atoms with Crippen molar-refractivity contribution in [3.8, 4) is 5.75 Å². The van der Waals surface area contributed by atoms with Gasteiger partial charge in [-0.1, -0.05) is 6.07 Å². The minimum Gasteiger partial charge on any atom is -0.481 e. The van der Waals surface area contributed by atoms with Crippen LogP contribution in [-0.2, 0) is 30.5 Å². The van der Waals surface area contributed by atoms with Gasteiger partial charge in [-0.25, -0.2) is 9.59 Å². The van der Waals surface area contributed by atoms with Crippen molar-refractivity contribution < 1.29 is 63.8 Å². The highest BCUT2D eigenvalue weighted by atomic mass is 16.7. The number of ketones is 1. The first-order chi connectivity index (χ1) is 16.4. The Morgan fingerprint density at radius 3 is 2.34 bits per heavy atom. The van der Waals surface area contributed by atoms with Crippen molar-refractivity contribution in [3.05, 3.63) is 33.9 Å². The number of ether oxygens (including phenoxy) is 3. The first-order valence-electron chi connectivity index (χ1n) is 9.91. The molecule has 16 nitrogen and oxygen atoms in total. The van der Waals surface area contributed by atoms with Crippen LogP contribution in [0.2, 0.25) is 0 Å². The van der Waals surface area contributed by atoms with Gasteiger partial charge in [0, 0.05) is 12.5 Å². The Morgan fingerprint density at radius 1 is 1.06 bits per heavy atom. The maximum absolute atomic E-state index is 11.7. The summed E-state index contributed by atoms with van der Waals surface area (Å²) in [5, 5.41) is 60.7. The number of hydrogen-bond donors (Lipinski definition) is 6. The van der Waals surface area contributed by atoms with E-state index in [1.807, 2.05) is 0 Å². The molecule has 6 N–H and O–H groups in total. The fourth-order valence-corrected chi connectivity index (χ4v) is 2.87. The molecule has 5 atom stereocenters. The minimum absolute atomic E-state index is 0.111. The van der Waals surface area contributed by atoms with Crippen molar-refractivity contribution >= 4 is 29.5 Å². The molecule has 0 bridgehead atoms. The number of nitro groups is 1. The average Bonchev–Trinajstić information content (AvgIpc) is 2.80. The van der Waals surface area contributed by atoms with Gasteiger partial charge >= 0.3 is 23.7 Å². The van der Waals surface area contributed by atoms with Gasteiger partial charge in [0.05, 0.1) is 17.9 Å². The number of nitrogens with zero attached hydrogens (tertiary/aromatic N) is 1. The van der Waals surface area contributed by atoms with Crippen molar-refractivity contribution in [2.24, 2.45) is 0 Å². The molecule has 1 fully saturated rings. The van der Waals surface area contributed by atoms with Gasteiger partial charge < -0.3 is 45.1 Å². The van der Waals surface area contributed by atoms with E-state index in [-0.39, 0.29) is 12.0 Å². The third-order valence-corrected chi connectivity index (χ3v) is 4.69. The Kier molecular flexibility index (Phi) is 9.41. The number of aliphatic carboxylic acids is 2. The number of alkyl carbamates (subject to hydrolysis) is 1. The maximum atomic E-state index is 11.7. The third kappa shape index (κ3) is 7.57. The van der Waals surface area contributed by atoms with E-state index in [9.17, 15) is 44.6 Å². The summed E-state index contributed by atoms with van der Waals surface area (Å²) >= 11 is 0. The highest BCUT2D eigenvalue weighted by Gasteiger charge is 2.48. The second-order valence-corrected chi connectivity index (χ2v) is 7.27. The number of benzene rings is 1. The summed E-state index contributed by atoms with van der Waals surface area (Å²) < 4.78 is 15.0. The number of amides is 1. The standard InChI is InChI=1S/C19H22N2O14/c22-9(2-4-12(23)24)6-20-19(30)33-7-8-1-3-11(10(5-8)21(31)32)34-18-15(27)13(25)14(26)16(35-18)17(28)29/h1,3,5,13-16,18,25-27H,2,4,6-7H2,(H,20,30)(H,23,24)(H,28,29)/t13?,14?,15-,16?,18+/m1/s1. The molecule has 1 aliphatic heterocycles. The Labute approximate surface area is 195 Å². The van der Waals surface area contributed by atoms with Crippen LogP contribution in [0.25, 0.3) is 0 Å². The van der Waals surface area contributed by atoms with Crippen LogP contribution in [-0.4, -0.2) is 91.5 Å². The van der Waals surface area contributed by atoms with Crippen LogP contribution in [0.5, 0.6) is 5.75 Å². The Morgan fingerprint density at radius 2 is 1.74 bits per heavy atom. The molecule has 0 aliphatic carbocycles. The van der Waals surface area contributed by atoms with E-state index in [0.717, 1.165) is 12.1 Å². The van der Waals surface area contributed by atoms with E-state index < -0.39 is 90.5 Å². The topological polar surface area (TPSA) is 252 Å². The summed E-state index contributed by atoms with van der Waals surface area (Å²) in [7, 11) is 0. The number of carbonyl (C=O) groups excluding carboxylic acids is 2. The number of carbonyl (C=O) groups is 4. The fraction of sp³-hybridized carbons (Fsp3) is 0.474. The van der Waals surface area contributed by atoms with Crippen molar-refractivity contribution in [1.82, 2.24) is 5.32 Å². The second-order valence-electron chi connectivity index (χ2n) is 7.27. The minimum atomic E-state index is -1.98. The molecule has 0 spiro atoms. The Balaban J connectivity index is 2.02. The lowest BCUT2D eigenvalue weighted by Crippen LogP contribution is -2.61. The lowest BCUT2D eigenvalue weighted by atomic mass is 9.99. The number of rotatable bonds is 11. The van der Waals surface area contributed by atoms with Crippen molar-refractivity contribution in [3.63, 3.8) is 0 Å². The van der Waals surface area contributed by atoms with Crippen LogP contribution in [0.15, 0.2) is 18.2 Å². The van der Waals surface area contributed by atoms with E-state index in [2.05, 4.69) is 5.32 Å². The summed E-state index contributed by atoms with van der Waals surface area (Å²) in [6.45, 7) is -0.939. The molecule has 192 valence electrons. The molecular weight excluding hydrogens is 480 g/mol. The van der Waals surface area contributed by atoms with Crippen LogP contribution in [0.3, 0.4) is 0 Å². The summed E-state index contributed by atoms with van der Waals surface area (Å²) in [6, 6.07) is 3.24. The van der Waals surface area contributed by atoms with Gasteiger partial charge in [-0.15, -0.1) is 0 Å². The summed E-state index contributed by atoms with van der Waals surface area (Å²) in [5.41, 5.74) is -0.570. The number of carboxylic acid groups (broad SMARTS) is 2. The summed E-state index contributed by atoms with van der Waals surface area (Å²) in [5.74, 6) is -3.86.